The van der Waals surface area contributed by atoms with Crippen molar-refractivity contribution in [2.24, 2.45) is 5.73 Å². The average molecular weight is 310 g/mol. The van der Waals surface area contributed by atoms with Gasteiger partial charge < -0.3 is 10.5 Å². The summed E-state index contributed by atoms with van der Waals surface area (Å²) in [6, 6.07) is 13.2. The molecule has 2 nitrogen and oxygen atoms in total. The quantitative estimate of drug-likeness (QED) is 0.873. The summed E-state index contributed by atoms with van der Waals surface area (Å²) in [5.41, 5.74) is 7.88. The minimum absolute atomic E-state index is 0.196. The first-order chi connectivity index (χ1) is 9.63. The predicted octanol–water partition coefficient (Wildman–Crippen LogP) is 4.63. The summed E-state index contributed by atoms with van der Waals surface area (Å²) in [4.78, 5) is 0. The maximum absolute atomic E-state index is 6.11. The van der Waals surface area contributed by atoms with Crippen molar-refractivity contribution in [3.05, 3.63) is 63.6 Å². The van der Waals surface area contributed by atoms with Crippen molar-refractivity contribution in [2.75, 3.05) is 6.54 Å². The van der Waals surface area contributed by atoms with Gasteiger partial charge in [0.15, 0.2) is 0 Å². The molecule has 0 aliphatic rings. The van der Waals surface area contributed by atoms with Crippen LogP contribution in [0.1, 0.15) is 24.2 Å². The molecule has 2 aromatic carbocycles. The molecule has 2 N–H and O–H groups in total. The molecule has 0 aliphatic carbocycles. The molecule has 4 heteroatoms. The maximum Gasteiger partial charge on any atom is 0.136 e. The largest absolute Gasteiger partial charge is 0.484 e. The number of halogens is 2. The number of rotatable bonds is 5. The summed E-state index contributed by atoms with van der Waals surface area (Å²) in [5.74, 6) is 0.775. The van der Waals surface area contributed by atoms with E-state index < -0.39 is 0 Å². The van der Waals surface area contributed by atoms with E-state index in [2.05, 4.69) is 6.92 Å². The molecule has 0 amide bonds. The molecule has 0 fully saturated rings. The Hall–Kier alpha value is -1.22. The monoisotopic (exact) mass is 309 g/mol. The highest BCUT2D eigenvalue weighted by atomic mass is 35.5. The van der Waals surface area contributed by atoms with Gasteiger partial charge in [0.1, 0.15) is 11.9 Å². The lowest BCUT2D eigenvalue weighted by atomic mass is 10.1. The van der Waals surface area contributed by atoms with Gasteiger partial charge in [-0.1, -0.05) is 42.3 Å². The van der Waals surface area contributed by atoms with E-state index in [1.807, 2.05) is 42.5 Å². The Morgan fingerprint density at radius 1 is 1.10 bits per heavy atom. The summed E-state index contributed by atoms with van der Waals surface area (Å²) in [7, 11) is 0. The Kier molecular flexibility index (Phi) is 5.30. The van der Waals surface area contributed by atoms with Gasteiger partial charge in [-0.25, -0.2) is 0 Å². The Balaban J connectivity index is 2.19. The van der Waals surface area contributed by atoms with Gasteiger partial charge in [0.25, 0.3) is 0 Å². The van der Waals surface area contributed by atoms with Gasteiger partial charge in [0.2, 0.25) is 0 Å². The SMILES string of the molecule is CCc1cc(OC(CN)c2ccc(Cl)cc2)ccc1Cl. The number of hydrogen-bond acceptors (Lipinski definition) is 2. The van der Waals surface area contributed by atoms with Gasteiger partial charge in [-0.3, -0.25) is 0 Å². The van der Waals surface area contributed by atoms with Crippen LogP contribution >= 0.6 is 23.2 Å². The fraction of sp³-hybridized carbons (Fsp3) is 0.250. The standard InChI is InChI=1S/C16H17Cl2NO/c1-2-11-9-14(7-8-15(11)18)20-16(10-19)12-3-5-13(17)6-4-12/h3-9,16H,2,10,19H2,1H3. The van der Waals surface area contributed by atoms with Gasteiger partial charge in [-0.2, -0.15) is 0 Å². The van der Waals surface area contributed by atoms with Crippen LogP contribution in [0.25, 0.3) is 0 Å². The van der Waals surface area contributed by atoms with E-state index in [1.165, 1.54) is 0 Å². The van der Waals surface area contributed by atoms with Crippen molar-refractivity contribution in [1.82, 2.24) is 0 Å². The maximum atomic E-state index is 6.11. The number of hydrogen-bond donors (Lipinski definition) is 1. The van der Waals surface area contributed by atoms with Crippen LogP contribution in [0.3, 0.4) is 0 Å². The van der Waals surface area contributed by atoms with Crippen LogP contribution in [0.4, 0.5) is 0 Å². The topological polar surface area (TPSA) is 35.2 Å². The molecule has 1 unspecified atom stereocenters. The Morgan fingerprint density at radius 2 is 1.80 bits per heavy atom. The minimum Gasteiger partial charge on any atom is -0.484 e. The van der Waals surface area contributed by atoms with Crippen LogP contribution in [-0.4, -0.2) is 6.54 Å². The van der Waals surface area contributed by atoms with E-state index in [-0.39, 0.29) is 6.10 Å². The molecular formula is C16H17Cl2NO. The summed E-state index contributed by atoms with van der Waals surface area (Å²) in [6.45, 7) is 2.45. The Labute approximate surface area is 129 Å². The van der Waals surface area contributed by atoms with E-state index in [4.69, 9.17) is 33.7 Å². The smallest absolute Gasteiger partial charge is 0.136 e. The first kappa shape index (κ1) is 15.2. The van der Waals surface area contributed by atoms with Crippen molar-refractivity contribution in [1.29, 1.82) is 0 Å². The second kappa shape index (κ2) is 6.98. The predicted molar refractivity (Wildman–Crippen MR) is 84.7 cm³/mol. The Morgan fingerprint density at radius 3 is 2.40 bits per heavy atom. The van der Waals surface area contributed by atoms with Gasteiger partial charge in [0, 0.05) is 16.6 Å². The van der Waals surface area contributed by atoms with Crippen molar-refractivity contribution in [3.63, 3.8) is 0 Å². The molecule has 0 aromatic heterocycles. The van der Waals surface area contributed by atoms with E-state index >= 15 is 0 Å². The molecule has 1 atom stereocenters. The minimum atomic E-state index is -0.196. The molecule has 106 valence electrons. The molecule has 0 saturated heterocycles. The van der Waals surface area contributed by atoms with Crippen molar-refractivity contribution < 1.29 is 4.74 Å². The molecule has 0 saturated carbocycles. The number of aryl methyl sites for hydroxylation is 1. The first-order valence-electron chi connectivity index (χ1n) is 6.54. The molecule has 0 heterocycles. The van der Waals surface area contributed by atoms with Crippen LogP contribution in [0.15, 0.2) is 42.5 Å². The third kappa shape index (κ3) is 3.66. The number of ether oxygens (including phenoxy) is 1. The number of nitrogens with two attached hydrogens (primary N) is 1. The highest BCUT2D eigenvalue weighted by Crippen LogP contribution is 2.27. The summed E-state index contributed by atoms with van der Waals surface area (Å²) in [6.07, 6.45) is 0.669. The van der Waals surface area contributed by atoms with Crippen LogP contribution < -0.4 is 10.5 Å². The van der Waals surface area contributed by atoms with Crippen molar-refractivity contribution in [3.8, 4) is 5.75 Å². The van der Waals surface area contributed by atoms with E-state index in [0.29, 0.717) is 11.6 Å². The summed E-state index contributed by atoms with van der Waals surface area (Å²) in [5, 5.41) is 1.46. The third-order valence-electron chi connectivity index (χ3n) is 3.13. The van der Waals surface area contributed by atoms with Gasteiger partial charge in [0.05, 0.1) is 0 Å². The normalized spacial score (nSPS) is 12.2. The van der Waals surface area contributed by atoms with Crippen molar-refractivity contribution >= 4 is 23.2 Å². The van der Waals surface area contributed by atoms with Crippen LogP contribution in [-0.2, 0) is 6.42 Å². The lowest BCUT2D eigenvalue weighted by Crippen LogP contribution is -2.18. The molecular weight excluding hydrogens is 293 g/mol. The molecule has 2 rings (SSSR count). The second-order valence-electron chi connectivity index (χ2n) is 4.50. The summed E-state index contributed by atoms with van der Waals surface area (Å²) < 4.78 is 5.96. The molecule has 0 bridgehead atoms. The lowest BCUT2D eigenvalue weighted by Gasteiger charge is -2.18. The second-order valence-corrected chi connectivity index (χ2v) is 5.34. The van der Waals surface area contributed by atoms with Crippen LogP contribution in [0, 0.1) is 0 Å². The zero-order valence-electron chi connectivity index (χ0n) is 11.3. The first-order valence-corrected chi connectivity index (χ1v) is 7.30. The van der Waals surface area contributed by atoms with Gasteiger partial charge in [-0.05, 0) is 47.9 Å². The van der Waals surface area contributed by atoms with E-state index in [0.717, 1.165) is 28.3 Å². The highest BCUT2D eigenvalue weighted by Gasteiger charge is 2.12. The molecule has 20 heavy (non-hydrogen) atoms. The molecule has 0 aliphatic heterocycles. The fourth-order valence-electron chi connectivity index (χ4n) is 1.99. The fourth-order valence-corrected chi connectivity index (χ4v) is 2.37. The third-order valence-corrected chi connectivity index (χ3v) is 3.75. The summed E-state index contributed by atoms with van der Waals surface area (Å²) >= 11 is 12.0. The van der Waals surface area contributed by atoms with Crippen LogP contribution in [0.2, 0.25) is 10.0 Å². The zero-order chi connectivity index (χ0) is 14.5. The lowest BCUT2D eigenvalue weighted by molar-refractivity contribution is 0.214. The zero-order valence-corrected chi connectivity index (χ0v) is 12.8. The van der Waals surface area contributed by atoms with Gasteiger partial charge in [-0.15, -0.1) is 0 Å². The average Bonchev–Trinajstić information content (AvgIpc) is 2.47. The highest BCUT2D eigenvalue weighted by molar-refractivity contribution is 6.31. The number of benzene rings is 2. The molecule has 2 aromatic rings. The van der Waals surface area contributed by atoms with E-state index in [9.17, 15) is 0 Å². The van der Waals surface area contributed by atoms with Gasteiger partial charge >= 0.3 is 0 Å². The van der Waals surface area contributed by atoms with E-state index in [1.54, 1.807) is 0 Å². The van der Waals surface area contributed by atoms with Crippen LogP contribution in [0.5, 0.6) is 5.75 Å². The van der Waals surface area contributed by atoms with Crippen molar-refractivity contribution in [2.45, 2.75) is 19.4 Å². The molecule has 0 spiro atoms. The molecule has 0 radical (unpaired) electrons. The Bertz CT molecular complexity index is 569.